The summed E-state index contributed by atoms with van der Waals surface area (Å²) in [5.74, 6) is -1.13. The lowest BCUT2D eigenvalue weighted by molar-refractivity contribution is -0.154. The number of hydrogen-bond donors (Lipinski definition) is 2. The van der Waals surface area contributed by atoms with Crippen LogP contribution in [-0.2, 0) is 25.7 Å². The average molecular weight is 331 g/mol. The maximum atomic E-state index is 12.2. The summed E-state index contributed by atoms with van der Waals surface area (Å²) >= 11 is 0. The summed E-state index contributed by atoms with van der Waals surface area (Å²) < 4.78 is 5.01. The second-order valence-corrected chi connectivity index (χ2v) is 6.54. The average Bonchev–Trinajstić information content (AvgIpc) is 3.50. The molecular formula is C18H21NO5. The van der Waals surface area contributed by atoms with Crippen LogP contribution in [-0.4, -0.2) is 35.4 Å². The monoisotopic (exact) mass is 331 g/mol. The Morgan fingerprint density at radius 3 is 2.46 bits per heavy atom. The number of Topliss-reactive ketones (excluding diaryl/α,β-unsaturated/α-hetero) is 1. The summed E-state index contributed by atoms with van der Waals surface area (Å²) in [6, 6.07) is 9.12. The molecule has 6 heteroatoms. The minimum absolute atomic E-state index is 0.0149. The summed E-state index contributed by atoms with van der Waals surface area (Å²) in [5, 5.41) is 12.3. The number of rotatable bonds is 8. The highest BCUT2D eigenvalue weighted by molar-refractivity contribution is 6.10. The molecule has 2 aliphatic rings. The molecule has 0 saturated heterocycles. The molecule has 0 heterocycles. The molecule has 1 aromatic carbocycles. The van der Waals surface area contributed by atoms with Crippen molar-refractivity contribution in [3.63, 3.8) is 0 Å². The first-order valence-corrected chi connectivity index (χ1v) is 8.24. The van der Waals surface area contributed by atoms with Gasteiger partial charge in [-0.05, 0) is 31.2 Å². The number of hydrogen-bond acceptors (Lipinski definition) is 5. The summed E-state index contributed by atoms with van der Waals surface area (Å²) in [5.41, 5.74) is -0.0940. The second kappa shape index (κ2) is 6.73. The van der Waals surface area contributed by atoms with E-state index in [0.29, 0.717) is 12.8 Å². The normalized spacial score (nSPS) is 19.2. The van der Waals surface area contributed by atoms with Crippen LogP contribution < -0.4 is 5.32 Å². The number of benzene rings is 1. The zero-order valence-electron chi connectivity index (χ0n) is 13.4. The third-order valence-electron chi connectivity index (χ3n) is 4.56. The molecule has 1 amide bonds. The van der Waals surface area contributed by atoms with E-state index in [9.17, 15) is 19.5 Å². The highest BCUT2D eigenvalue weighted by Crippen LogP contribution is 2.52. The van der Waals surface area contributed by atoms with E-state index in [2.05, 4.69) is 5.32 Å². The Bertz CT molecular complexity index is 634. The van der Waals surface area contributed by atoms with Crippen LogP contribution in [0.15, 0.2) is 30.3 Å². The Morgan fingerprint density at radius 1 is 1.21 bits per heavy atom. The van der Waals surface area contributed by atoms with Gasteiger partial charge in [0.2, 0.25) is 5.91 Å². The molecule has 128 valence electrons. The summed E-state index contributed by atoms with van der Waals surface area (Å²) in [6.07, 6.45) is 1.40. The van der Waals surface area contributed by atoms with Crippen LogP contribution in [0.2, 0.25) is 0 Å². The van der Waals surface area contributed by atoms with Crippen LogP contribution in [0.5, 0.6) is 0 Å². The molecule has 2 aliphatic carbocycles. The maximum absolute atomic E-state index is 12.2. The smallest absolute Gasteiger partial charge is 0.337 e. The Morgan fingerprint density at radius 2 is 1.88 bits per heavy atom. The van der Waals surface area contributed by atoms with Gasteiger partial charge >= 0.3 is 5.97 Å². The number of amides is 1. The van der Waals surface area contributed by atoms with Crippen molar-refractivity contribution in [1.82, 2.24) is 5.32 Å². The van der Waals surface area contributed by atoms with Gasteiger partial charge in [-0.3, -0.25) is 9.59 Å². The molecular weight excluding hydrogens is 310 g/mol. The van der Waals surface area contributed by atoms with Crippen molar-refractivity contribution in [2.75, 3.05) is 6.54 Å². The lowest BCUT2D eigenvalue weighted by Crippen LogP contribution is -2.43. The van der Waals surface area contributed by atoms with Gasteiger partial charge in [0, 0.05) is 5.92 Å². The van der Waals surface area contributed by atoms with Gasteiger partial charge in [-0.15, -0.1) is 0 Å². The van der Waals surface area contributed by atoms with Gasteiger partial charge in [-0.2, -0.15) is 0 Å². The molecule has 1 atom stereocenters. The van der Waals surface area contributed by atoms with E-state index < -0.39 is 17.5 Å². The van der Waals surface area contributed by atoms with Gasteiger partial charge in [0.05, 0.1) is 6.54 Å². The minimum atomic E-state index is -1.44. The molecule has 0 spiro atoms. The highest BCUT2D eigenvalue weighted by atomic mass is 16.5. The summed E-state index contributed by atoms with van der Waals surface area (Å²) in [4.78, 5) is 36.1. The highest BCUT2D eigenvalue weighted by Gasteiger charge is 2.59. The van der Waals surface area contributed by atoms with Crippen LogP contribution in [0.4, 0.5) is 0 Å². The molecule has 1 aromatic rings. The van der Waals surface area contributed by atoms with E-state index >= 15 is 0 Å². The fourth-order valence-corrected chi connectivity index (χ4v) is 2.71. The van der Waals surface area contributed by atoms with E-state index in [0.717, 1.165) is 18.4 Å². The van der Waals surface area contributed by atoms with Crippen LogP contribution >= 0.6 is 0 Å². The molecule has 0 aliphatic heterocycles. The quantitative estimate of drug-likeness (QED) is 0.547. The number of carbonyl (C=O) groups excluding carboxylic acids is 3. The van der Waals surface area contributed by atoms with Crippen molar-refractivity contribution in [1.29, 1.82) is 0 Å². The Labute approximate surface area is 140 Å². The number of aliphatic hydroxyl groups excluding tert-OH is 1. The van der Waals surface area contributed by atoms with E-state index in [4.69, 9.17) is 4.74 Å². The molecule has 2 N–H and O–H groups in total. The number of aliphatic hydroxyl groups is 1. The number of ether oxygens (including phenoxy) is 1. The Kier molecular flexibility index (Phi) is 4.66. The lowest BCUT2D eigenvalue weighted by Gasteiger charge is -2.16. The van der Waals surface area contributed by atoms with E-state index in [1.54, 1.807) is 0 Å². The van der Waals surface area contributed by atoms with E-state index in [1.165, 1.54) is 0 Å². The van der Waals surface area contributed by atoms with Crippen molar-refractivity contribution < 1.29 is 24.2 Å². The molecule has 6 nitrogen and oxygen atoms in total. The third kappa shape index (κ3) is 3.64. The molecule has 0 bridgehead atoms. The molecule has 24 heavy (non-hydrogen) atoms. The van der Waals surface area contributed by atoms with E-state index in [1.807, 2.05) is 30.3 Å². The maximum Gasteiger partial charge on any atom is 0.337 e. The molecule has 1 unspecified atom stereocenters. The number of carbonyl (C=O) groups is 3. The molecule has 3 rings (SSSR count). The van der Waals surface area contributed by atoms with Gasteiger partial charge in [0.15, 0.2) is 11.9 Å². The van der Waals surface area contributed by atoms with Gasteiger partial charge in [-0.1, -0.05) is 30.3 Å². The summed E-state index contributed by atoms with van der Waals surface area (Å²) in [6.45, 7) is -0.180. The SMILES string of the molecule is O=C(OCc1ccccc1)C(O)CNC(=O)C1(C(=O)C2CC2)CC1. The van der Waals surface area contributed by atoms with E-state index in [-0.39, 0.29) is 30.8 Å². The van der Waals surface area contributed by atoms with Crippen LogP contribution in [0.25, 0.3) is 0 Å². The fraction of sp³-hybridized carbons (Fsp3) is 0.500. The predicted molar refractivity (Wildman–Crippen MR) is 84.7 cm³/mol. The number of ketones is 1. The van der Waals surface area contributed by atoms with Gasteiger partial charge < -0.3 is 15.2 Å². The van der Waals surface area contributed by atoms with Crippen molar-refractivity contribution in [3.05, 3.63) is 35.9 Å². The van der Waals surface area contributed by atoms with Crippen molar-refractivity contribution in [2.45, 2.75) is 38.4 Å². The zero-order chi connectivity index (χ0) is 17.2. The second-order valence-electron chi connectivity index (χ2n) is 6.54. The zero-order valence-corrected chi connectivity index (χ0v) is 13.4. The third-order valence-corrected chi connectivity index (χ3v) is 4.56. The van der Waals surface area contributed by atoms with Crippen molar-refractivity contribution in [3.8, 4) is 0 Å². The fourth-order valence-electron chi connectivity index (χ4n) is 2.71. The van der Waals surface area contributed by atoms with Gasteiger partial charge in [-0.25, -0.2) is 4.79 Å². The van der Waals surface area contributed by atoms with Gasteiger partial charge in [0.25, 0.3) is 0 Å². The molecule has 0 radical (unpaired) electrons. The topological polar surface area (TPSA) is 92.7 Å². The molecule has 2 fully saturated rings. The largest absolute Gasteiger partial charge is 0.459 e. The molecule has 0 aromatic heterocycles. The number of nitrogens with one attached hydrogen (secondary N) is 1. The van der Waals surface area contributed by atoms with Crippen LogP contribution in [0.3, 0.4) is 0 Å². The Balaban J connectivity index is 1.43. The summed E-state index contributed by atoms with van der Waals surface area (Å²) in [7, 11) is 0. The first-order valence-electron chi connectivity index (χ1n) is 8.24. The van der Waals surface area contributed by atoms with Crippen molar-refractivity contribution in [2.24, 2.45) is 11.3 Å². The first-order chi connectivity index (χ1) is 11.5. The van der Waals surface area contributed by atoms with Gasteiger partial charge in [0.1, 0.15) is 12.0 Å². The predicted octanol–water partition coefficient (Wildman–Crippen LogP) is 0.966. The van der Waals surface area contributed by atoms with Crippen LogP contribution in [0.1, 0.15) is 31.2 Å². The van der Waals surface area contributed by atoms with Crippen molar-refractivity contribution >= 4 is 17.7 Å². The lowest BCUT2D eigenvalue weighted by atomic mass is 9.96. The minimum Gasteiger partial charge on any atom is -0.459 e. The Hall–Kier alpha value is -2.21. The standard InChI is InChI=1S/C18H21NO5/c20-14(16(22)24-11-12-4-2-1-3-5-12)10-19-17(23)18(8-9-18)15(21)13-6-7-13/h1-5,13-14,20H,6-11H2,(H,19,23). The first kappa shape index (κ1) is 16.6. The van der Waals surface area contributed by atoms with Crippen LogP contribution in [0, 0.1) is 11.3 Å². The number of esters is 1. The molecule has 2 saturated carbocycles.